The molecule has 4 heteroatoms. The smallest absolute Gasteiger partial charge is 0.233 e. The first-order valence-electron chi connectivity index (χ1n) is 18.3. The lowest BCUT2D eigenvalue weighted by molar-refractivity contribution is 0.0816. The summed E-state index contributed by atoms with van der Waals surface area (Å²) in [7, 11) is 0. The maximum Gasteiger partial charge on any atom is 0.233 e. The predicted octanol–water partition coefficient (Wildman–Crippen LogP) is 11.3. The molecular weight excluding hydrogens is 604 g/mol. The number of ketones is 4. The Kier molecular flexibility index (Phi) is 11.9. The lowest BCUT2D eigenvalue weighted by atomic mass is 9.64. The molecule has 1 aliphatic rings. The summed E-state index contributed by atoms with van der Waals surface area (Å²) in [6, 6.07) is 29.0. The average Bonchev–Trinajstić information content (AvgIpc) is 3.41. The Labute approximate surface area is 292 Å². The van der Waals surface area contributed by atoms with E-state index >= 15 is 0 Å². The molecule has 4 aromatic rings. The molecule has 2 unspecified atom stereocenters. The highest BCUT2D eigenvalue weighted by atomic mass is 16.2. The normalized spacial score (nSPS) is 14.0. The number of benzene rings is 4. The average molecular weight is 655 g/mol. The summed E-state index contributed by atoms with van der Waals surface area (Å²) in [5.41, 5.74) is 5.29. The standard InChI is InChI=1S/C45H50O4/c1-5-9-17-31(7-3)29-45(30-32(8-4)18-10-6-2)39-27-35(43(48)41(46)33-19-13-11-14-20-33)23-25-37(39)38-26-24-36(28-40(38)45)44(49)42(47)34-21-15-12-16-22-34/h11-16,19-28,31-32H,5-10,17-18,29-30H2,1-4H3. The van der Waals surface area contributed by atoms with Gasteiger partial charge in [0.1, 0.15) is 0 Å². The third-order valence-electron chi connectivity index (χ3n) is 10.7. The largest absolute Gasteiger partial charge is 0.285 e. The van der Waals surface area contributed by atoms with Gasteiger partial charge in [-0.05, 0) is 59.1 Å². The van der Waals surface area contributed by atoms with Crippen LogP contribution in [0.15, 0.2) is 97.1 Å². The molecule has 0 aromatic heterocycles. The van der Waals surface area contributed by atoms with Gasteiger partial charge in [0.2, 0.25) is 23.1 Å². The minimum Gasteiger partial charge on any atom is -0.285 e. The molecule has 2 atom stereocenters. The van der Waals surface area contributed by atoms with Crippen LogP contribution in [0.25, 0.3) is 11.1 Å². The fourth-order valence-corrected chi connectivity index (χ4v) is 7.88. The second kappa shape index (κ2) is 16.3. The van der Waals surface area contributed by atoms with E-state index in [1.807, 2.05) is 36.4 Å². The molecule has 1 aliphatic carbocycles. The van der Waals surface area contributed by atoms with Crippen molar-refractivity contribution in [1.82, 2.24) is 0 Å². The van der Waals surface area contributed by atoms with Gasteiger partial charge in [-0.2, -0.15) is 0 Å². The van der Waals surface area contributed by atoms with E-state index in [0.717, 1.165) is 86.5 Å². The van der Waals surface area contributed by atoms with Crippen LogP contribution in [0, 0.1) is 11.8 Å². The first kappa shape index (κ1) is 35.9. The van der Waals surface area contributed by atoms with E-state index in [0.29, 0.717) is 34.1 Å². The van der Waals surface area contributed by atoms with Gasteiger partial charge < -0.3 is 0 Å². The van der Waals surface area contributed by atoms with Crippen molar-refractivity contribution in [3.63, 3.8) is 0 Å². The van der Waals surface area contributed by atoms with Crippen molar-refractivity contribution in [1.29, 1.82) is 0 Å². The molecule has 0 saturated carbocycles. The Morgan fingerprint density at radius 2 is 0.857 bits per heavy atom. The SMILES string of the molecule is CCCCC(CC)CC1(CC(CC)CCCC)c2cc(C(=O)C(=O)c3ccccc3)ccc2-c2ccc(C(=O)C(=O)c3ccccc3)cc21. The van der Waals surface area contributed by atoms with Crippen molar-refractivity contribution in [2.75, 3.05) is 0 Å². The summed E-state index contributed by atoms with van der Waals surface area (Å²) < 4.78 is 0. The van der Waals surface area contributed by atoms with Crippen LogP contribution < -0.4 is 0 Å². The molecule has 0 aliphatic heterocycles. The van der Waals surface area contributed by atoms with Crippen LogP contribution in [0.5, 0.6) is 0 Å². The molecular formula is C45H50O4. The topological polar surface area (TPSA) is 68.3 Å². The van der Waals surface area contributed by atoms with Gasteiger partial charge in [0.15, 0.2) is 0 Å². The first-order valence-corrected chi connectivity index (χ1v) is 18.3. The molecule has 5 rings (SSSR count). The summed E-state index contributed by atoms with van der Waals surface area (Å²) in [5, 5.41) is 0. The molecule has 0 N–H and O–H groups in total. The lowest BCUT2D eigenvalue weighted by Gasteiger charge is -2.39. The number of hydrogen-bond donors (Lipinski definition) is 0. The number of Topliss-reactive ketones (excluding diaryl/α,β-unsaturated/α-hetero) is 4. The van der Waals surface area contributed by atoms with Crippen molar-refractivity contribution in [3.8, 4) is 11.1 Å². The zero-order valence-electron chi connectivity index (χ0n) is 29.6. The molecule has 0 heterocycles. The van der Waals surface area contributed by atoms with E-state index in [1.165, 1.54) is 0 Å². The van der Waals surface area contributed by atoms with E-state index in [-0.39, 0.29) is 0 Å². The van der Waals surface area contributed by atoms with Crippen molar-refractivity contribution >= 4 is 23.1 Å². The maximum atomic E-state index is 13.8. The van der Waals surface area contributed by atoms with Crippen molar-refractivity contribution in [2.24, 2.45) is 11.8 Å². The molecule has 0 bridgehead atoms. The maximum absolute atomic E-state index is 13.8. The van der Waals surface area contributed by atoms with Crippen molar-refractivity contribution in [3.05, 3.63) is 130 Å². The molecule has 4 aromatic carbocycles. The van der Waals surface area contributed by atoms with Gasteiger partial charge in [0, 0.05) is 27.7 Å². The number of rotatable bonds is 18. The molecule has 4 nitrogen and oxygen atoms in total. The molecule has 254 valence electrons. The highest BCUT2D eigenvalue weighted by Crippen LogP contribution is 2.56. The molecule has 0 fully saturated rings. The highest BCUT2D eigenvalue weighted by Gasteiger charge is 2.46. The van der Waals surface area contributed by atoms with Crippen molar-refractivity contribution in [2.45, 2.75) is 97.3 Å². The van der Waals surface area contributed by atoms with Crippen LogP contribution >= 0.6 is 0 Å². The first-order chi connectivity index (χ1) is 23.8. The van der Waals surface area contributed by atoms with Gasteiger partial charge >= 0.3 is 0 Å². The van der Waals surface area contributed by atoms with Crippen LogP contribution in [-0.4, -0.2) is 23.1 Å². The number of fused-ring (bicyclic) bond motifs is 3. The van der Waals surface area contributed by atoms with E-state index in [9.17, 15) is 19.2 Å². The second-order valence-corrected chi connectivity index (χ2v) is 13.9. The third-order valence-corrected chi connectivity index (χ3v) is 10.7. The molecule has 0 saturated heterocycles. The highest BCUT2D eigenvalue weighted by molar-refractivity contribution is 6.50. The Balaban J connectivity index is 1.69. The summed E-state index contributed by atoms with van der Waals surface area (Å²) >= 11 is 0. The molecule has 0 radical (unpaired) electrons. The number of unbranched alkanes of at least 4 members (excludes halogenated alkanes) is 2. The Morgan fingerprint density at radius 1 is 0.490 bits per heavy atom. The predicted molar refractivity (Wildman–Crippen MR) is 199 cm³/mol. The van der Waals surface area contributed by atoms with E-state index in [4.69, 9.17) is 0 Å². The zero-order valence-corrected chi connectivity index (χ0v) is 29.6. The van der Waals surface area contributed by atoms with Crippen LogP contribution in [0.3, 0.4) is 0 Å². The second-order valence-electron chi connectivity index (χ2n) is 13.9. The van der Waals surface area contributed by atoms with Crippen molar-refractivity contribution < 1.29 is 19.2 Å². The molecule has 0 amide bonds. The van der Waals surface area contributed by atoms with Gasteiger partial charge in [0.25, 0.3) is 0 Å². The van der Waals surface area contributed by atoms with Gasteiger partial charge in [-0.3, -0.25) is 19.2 Å². The summed E-state index contributed by atoms with van der Waals surface area (Å²) in [6.45, 7) is 8.97. The minimum absolute atomic E-state index is 0.380. The monoisotopic (exact) mass is 654 g/mol. The number of carbonyl (C=O) groups excluding carboxylic acids is 4. The zero-order chi connectivity index (χ0) is 35.0. The van der Waals surface area contributed by atoms with Gasteiger partial charge in [0.05, 0.1) is 0 Å². The molecule has 49 heavy (non-hydrogen) atoms. The van der Waals surface area contributed by atoms with E-state index in [1.54, 1.807) is 60.7 Å². The Hall–Kier alpha value is -4.44. The van der Waals surface area contributed by atoms with Gasteiger partial charge in [-0.25, -0.2) is 0 Å². The quantitative estimate of drug-likeness (QED) is 0.0791. The fourth-order valence-electron chi connectivity index (χ4n) is 7.88. The Bertz CT molecular complexity index is 1650. The van der Waals surface area contributed by atoms with E-state index in [2.05, 4.69) is 27.7 Å². The van der Waals surface area contributed by atoms with Crippen LogP contribution in [0.4, 0.5) is 0 Å². The Morgan fingerprint density at radius 3 is 1.20 bits per heavy atom. The lowest BCUT2D eigenvalue weighted by Crippen LogP contribution is -2.32. The summed E-state index contributed by atoms with van der Waals surface area (Å²) in [5.74, 6) is -1.20. The summed E-state index contributed by atoms with van der Waals surface area (Å²) in [6.07, 6.45) is 10.5. The minimum atomic E-state index is -0.516. The summed E-state index contributed by atoms with van der Waals surface area (Å²) in [4.78, 5) is 54.4. The molecule has 0 spiro atoms. The van der Waals surface area contributed by atoms with Gasteiger partial charge in [-0.15, -0.1) is 0 Å². The number of carbonyl (C=O) groups is 4. The third kappa shape index (κ3) is 7.59. The van der Waals surface area contributed by atoms with E-state index < -0.39 is 28.5 Å². The van der Waals surface area contributed by atoms with Crippen LogP contribution in [0.1, 0.15) is 144 Å². The van der Waals surface area contributed by atoms with Crippen LogP contribution in [-0.2, 0) is 5.41 Å². The fraction of sp³-hybridized carbons (Fsp3) is 0.378. The number of hydrogen-bond acceptors (Lipinski definition) is 4. The van der Waals surface area contributed by atoms with Gasteiger partial charge in [-0.1, -0.05) is 164 Å². The van der Waals surface area contributed by atoms with Crippen LogP contribution in [0.2, 0.25) is 0 Å².